The maximum absolute atomic E-state index is 9.70. The number of benzene rings is 2. The molecule has 2 rings (SSSR count). The molecule has 0 unspecified atom stereocenters. The van der Waals surface area contributed by atoms with E-state index in [1.54, 1.807) is 6.07 Å². The van der Waals surface area contributed by atoms with Crippen molar-refractivity contribution in [2.24, 2.45) is 5.73 Å². The lowest BCUT2D eigenvalue weighted by Crippen LogP contribution is -2.05. The van der Waals surface area contributed by atoms with Crippen LogP contribution in [-0.2, 0) is 0 Å². The first-order chi connectivity index (χ1) is 6.70. The molecule has 0 bridgehead atoms. The standard InChI is InChI=1S/C12H13NO/c1-8(13)12-10-5-3-2-4-9(10)6-7-11(12)14/h2-8,14H,13H2,1H3/t8-/m0/s1. The van der Waals surface area contributed by atoms with E-state index in [0.717, 1.165) is 16.3 Å². The zero-order valence-corrected chi connectivity index (χ0v) is 8.07. The lowest BCUT2D eigenvalue weighted by atomic mass is 9.99. The number of phenolic OH excluding ortho intramolecular Hbond substituents is 1. The molecule has 0 amide bonds. The molecule has 1 atom stereocenters. The van der Waals surface area contributed by atoms with Gasteiger partial charge in [0.15, 0.2) is 0 Å². The molecule has 2 heteroatoms. The Morgan fingerprint density at radius 3 is 2.57 bits per heavy atom. The van der Waals surface area contributed by atoms with Crippen molar-refractivity contribution in [3.63, 3.8) is 0 Å². The zero-order chi connectivity index (χ0) is 10.1. The van der Waals surface area contributed by atoms with Gasteiger partial charge in [0.05, 0.1) is 0 Å². The molecular weight excluding hydrogens is 174 g/mol. The van der Waals surface area contributed by atoms with Crippen LogP contribution in [0, 0.1) is 0 Å². The van der Waals surface area contributed by atoms with Crippen LogP contribution in [0.25, 0.3) is 10.8 Å². The van der Waals surface area contributed by atoms with Crippen LogP contribution >= 0.6 is 0 Å². The third kappa shape index (κ3) is 1.34. The fourth-order valence-corrected chi connectivity index (χ4v) is 1.76. The Morgan fingerprint density at radius 1 is 1.14 bits per heavy atom. The van der Waals surface area contributed by atoms with E-state index in [4.69, 9.17) is 5.73 Å². The normalized spacial score (nSPS) is 13.0. The van der Waals surface area contributed by atoms with E-state index in [9.17, 15) is 5.11 Å². The number of hydrogen-bond donors (Lipinski definition) is 2. The lowest BCUT2D eigenvalue weighted by Gasteiger charge is -2.11. The number of aromatic hydroxyl groups is 1. The van der Waals surface area contributed by atoms with Crippen LogP contribution in [-0.4, -0.2) is 5.11 Å². The molecule has 14 heavy (non-hydrogen) atoms. The topological polar surface area (TPSA) is 46.2 Å². The average Bonchev–Trinajstić information content (AvgIpc) is 2.17. The second-order valence-electron chi connectivity index (χ2n) is 3.51. The van der Waals surface area contributed by atoms with Crippen LogP contribution < -0.4 is 5.73 Å². The SMILES string of the molecule is C[C@H](N)c1c(O)ccc2ccccc12. The van der Waals surface area contributed by atoms with Gasteiger partial charge in [-0.05, 0) is 23.8 Å². The van der Waals surface area contributed by atoms with Gasteiger partial charge in [0.25, 0.3) is 0 Å². The van der Waals surface area contributed by atoms with Crippen molar-refractivity contribution in [2.75, 3.05) is 0 Å². The molecule has 2 nitrogen and oxygen atoms in total. The van der Waals surface area contributed by atoms with Gasteiger partial charge in [-0.3, -0.25) is 0 Å². The molecule has 0 radical (unpaired) electrons. The van der Waals surface area contributed by atoms with Gasteiger partial charge in [-0.1, -0.05) is 30.3 Å². The number of phenols is 1. The highest BCUT2D eigenvalue weighted by atomic mass is 16.3. The van der Waals surface area contributed by atoms with Gasteiger partial charge in [0, 0.05) is 11.6 Å². The van der Waals surface area contributed by atoms with E-state index in [0.29, 0.717) is 0 Å². The Labute approximate surface area is 83.0 Å². The Balaban J connectivity index is 2.83. The Bertz CT molecular complexity index is 463. The number of hydrogen-bond acceptors (Lipinski definition) is 2. The summed E-state index contributed by atoms with van der Waals surface area (Å²) in [6.45, 7) is 1.88. The van der Waals surface area contributed by atoms with Gasteiger partial charge >= 0.3 is 0 Å². The first-order valence-corrected chi connectivity index (χ1v) is 4.66. The number of fused-ring (bicyclic) bond motifs is 1. The smallest absolute Gasteiger partial charge is 0.120 e. The third-order valence-corrected chi connectivity index (χ3v) is 2.40. The minimum Gasteiger partial charge on any atom is -0.508 e. The van der Waals surface area contributed by atoms with Crippen molar-refractivity contribution in [1.29, 1.82) is 0 Å². The highest BCUT2D eigenvalue weighted by Crippen LogP contribution is 2.30. The quantitative estimate of drug-likeness (QED) is 0.720. The largest absolute Gasteiger partial charge is 0.508 e. The van der Waals surface area contributed by atoms with Gasteiger partial charge in [-0.25, -0.2) is 0 Å². The van der Waals surface area contributed by atoms with E-state index in [2.05, 4.69) is 0 Å². The molecule has 0 aliphatic carbocycles. The highest BCUT2D eigenvalue weighted by molar-refractivity contribution is 5.88. The minimum atomic E-state index is -0.152. The van der Waals surface area contributed by atoms with E-state index in [1.165, 1.54) is 0 Å². The molecule has 0 aromatic heterocycles. The summed E-state index contributed by atoms with van der Waals surface area (Å²) < 4.78 is 0. The van der Waals surface area contributed by atoms with Gasteiger partial charge in [-0.15, -0.1) is 0 Å². The lowest BCUT2D eigenvalue weighted by molar-refractivity contribution is 0.465. The Kier molecular flexibility index (Phi) is 2.14. The van der Waals surface area contributed by atoms with E-state index < -0.39 is 0 Å². The van der Waals surface area contributed by atoms with Gasteiger partial charge in [-0.2, -0.15) is 0 Å². The molecular formula is C12H13NO. The van der Waals surface area contributed by atoms with Gasteiger partial charge < -0.3 is 10.8 Å². The van der Waals surface area contributed by atoms with E-state index >= 15 is 0 Å². The monoisotopic (exact) mass is 187 g/mol. The van der Waals surface area contributed by atoms with Crippen molar-refractivity contribution < 1.29 is 5.11 Å². The molecule has 0 aliphatic heterocycles. The summed E-state index contributed by atoms with van der Waals surface area (Å²) >= 11 is 0. The Morgan fingerprint density at radius 2 is 1.86 bits per heavy atom. The summed E-state index contributed by atoms with van der Waals surface area (Å²) in [7, 11) is 0. The van der Waals surface area contributed by atoms with Crippen molar-refractivity contribution in [3.05, 3.63) is 42.0 Å². The van der Waals surface area contributed by atoms with Crippen LogP contribution in [0.15, 0.2) is 36.4 Å². The second kappa shape index (κ2) is 3.31. The highest BCUT2D eigenvalue weighted by Gasteiger charge is 2.09. The van der Waals surface area contributed by atoms with Crippen molar-refractivity contribution in [1.82, 2.24) is 0 Å². The molecule has 0 saturated carbocycles. The summed E-state index contributed by atoms with van der Waals surface area (Å²) in [4.78, 5) is 0. The Hall–Kier alpha value is -1.54. The minimum absolute atomic E-state index is 0.152. The maximum Gasteiger partial charge on any atom is 0.120 e. The fraction of sp³-hybridized carbons (Fsp3) is 0.167. The second-order valence-corrected chi connectivity index (χ2v) is 3.51. The molecule has 0 heterocycles. The molecule has 0 spiro atoms. The third-order valence-electron chi connectivity index (χ3n) is 2.40. The summed E-state index contributed by atoms with van der Waals surface area (Å²) in [5, 5.41) is 11.8. The maximum atomic E-state index is 9.70. The fourth-order valence-electron chi connectivity index (χ4n) is 1.76. The van der Waals surface area contributed by atoms with Crippen LogP contribution in [0.2, 0.25) is 0 Å². The molecule has 0 saturated heterocycles. The van der Waals surface area contributed by atoms with Crippen LogP contribution in [0.5, 0.6) is 5.75 Å². The predicted molar refractivity (Wildman–Crippen MR) is 58.2 cm³/mol. The van der Waals surface area contributed by atoms with Crippen molar-refractivity contribution in [2.45, 2.75) is 13.0 Å². The van der Waals surface area contributed by atoms with Crippen LogP contribution in [0.4, 0.5) is 0 Å². The van der Waals surface area contributed by atoms with E-state index in [-0.39, 0.29) is 11.8 Å². The van der Waals surface area contributed by atoms with Crippen LogP contribution in [0.3, 0.4) is 0 Å². The molecule has 72 valence electrons. The molecule has 2 aromatic carbocycles. The summed E-state index contributed by atoms with van der Waals surface area (Å²) in [6.07, 6.45) is 0. The molecule has 3 N–H and O–H groups in total. The summed E-state index contributed by atoms with van der Waals surface area (Å²) in [6, 6.07) is 11.4. The zero-order valence-electron chi connectivity index (χ0n) is 8.07. The number of rotatable bonds is 1. The molecule has 0 fully saturated rings. The van der Waals surface area contributed by atoms with Crippen molar-refractivity contribution >= 4 is 10.8 Å². The van der Waals surface area contributed by atoms with Crippen LogP contribution in [0.1, 0.15) is 18.5 Å². The first kappa shape index (κ1) is 9.03. The van der Waals surface area contributed by atoms with Crippen molar-refractivity contribution in [3.8, 4) is 5.75 Å². The average molecular weight is 187 g/mol. The molecule has 0 aliphatic rings. The first-order valence-electron chi connectivity index (χ1n) is 4.66. The summed E-state index contributed by atoms with van der Waals surface area (Å²) in [5.41, 5.74) is 6.64. The van der Waals surface area contributed by atoms with Gasteiger partial charge in [0.2, 0.25) is 0 Å². The van der Waals surface area contributed by atoms with Gasteiger partial charge in [0.1, 0.15) is 5.75 Å². The van der Waals surface area contributed by atoms with E-state index in [1.807, 2.05) is 37.3 Å². The molecule has 2 aromatic rings. The predicted octanol–water partition coefficient (Wildman–Crippen LogP) is 2.57. The summed E-state index contributed by atoms with van der Waals surface area (Å²) in [5.74, 6) is 0.277. The number of nitrogens with two attached hydrogens (primary N) is 1.